The van der Waals surface area contributed by atoms with Crippen LogP contribution in [0, 0.1) is 23.2 Å². The number of benzene rings is 1. The van der Waals surface area contributed by atoms with Gasteiger partial charge in [-0.05, 0) is 81.1 Å². The first-order valence-corrected chi connectivity index (χ1v) is 10.6. The average Bonchev–Trinajstić information content (AvgIpc) is 2.99. The minimum Gasteiger partial charge on any atom is -0.299 e. The van der Waals surface area contributed by atoms with E-state index in [0.29, 0.717) is 11.7 Å². The van der Waals surface area contributed by atoms with Crippen LogP contribution in [-0.4, -0.2) is 5.78 Å². The normalized spacial score (nSPS) is 37.4. The molecule has 0 N–H and O–H groups in total. The number of ketones is 1. The fourth-order valence-electron chi connectivity index (χ4n) is 6.97. The van der Waals surface area contributed by atoms with Crippen LogP contribution in [0.25, 0.3) is 0 Å². The predicted molar refractivity (Wildman–Crippen MR) is 101 cm³/mol. The van der Waals surface area contributed by atoms with E-state index in [1.165, 1.54) is 50.5 Å². The Morgan fingerprint density at radius 1 is 0.880 bits per heavy atom. The van der Waals surface area contributed by atoms with Gasteiger partial charge in [-0.15, -0.1) is 0 Å². The fraction of sp³-hybridized carbons (Fsp3) is 0.625. The summed E-state index contributed by atoms with van der Waals surface area (Å²) in [4.78, 5) is 13.1. The van der Waals surface area contributed by atoms with E-state index in [1.54, 1.807) is 0 Å². The van der Waals surface area contributed by atoms with E-state index in [2.05, 4.69) is 30.3 Å². The number of Topliss-reactive ketones (excluding diaryl/α,β-unsaturated/α-hetero) is 1. The molecule has 4 atom stereocenters. The van der Waals surface area contributed by atoms with Crippen molar-refractivity contribution in [2.75, 3.05) is 0 Å². The number of hydrogen-bond donors (Lipinski definition) is 0. The molecule has 0 amide bonds. The molecule has 132 valence electrons. The molecule has 1 heteroatoms. The van der Waals surface area contributed by atoms with E-state index >= 15 is 0 Å². The number of fused-ring (bicyclic) bond motifs is 4. The molecule has 1 unspecified atom stereocenters. The van der Waals surface area contributed by atoms with E-state index in [-0.39, 0.29) is 5.41 Å². The third-order valence-electron chi connectivity index (χ3n) is 8.06. The monoisotopic (exact) mass is 334 g/mol. The predicted octanol–water partition coefficient (Wildman–Crippen LogP) is 5.89. The number of hydrogen-bond acceptors (Lipinski definition) is 1. The second-order valence-electron chi connectivity index (χ2n) is 9.06. The standard InChI is InChI=1S/C24H30O/c25-23-13-12-22-21-11-10-18-8-4-5-9-19(18)20(21)14-15-24(22,23)16-17-6-2-1-3-7-17/h1-3,6-7,18,21-22H,4-5,8-16H2/t18?,21-,22+,24+/m1/s1. The highest BCUT2D eigenvalue weighted by Gasteiger charge is 2.56. The van der Waals surface area contributed by atoms with E-state index < -0.39 is 0 Å². The van der Waals surface area contributed by atoms with Gasteiger partial charge in [0.1, 0.15) is 5.78 Å². The van der Waals surface area contributed by atoms with Crippen LogP contribution < -0.4 is 0 Å². The van der Waals surface area contributed by atoms with Gasteiger partial charge in [0.2, 0.25) is 0 Å². The van der Waals surface area contributed by atoms with Crippen molar-refractivity contribution < 1.29 is 4.79 Å². The second kappa shape index (κ2) is 6.11. The summed E-state index contributed by atoms with van der Waals surface area (Å²) in [5.74, 6) is 2.84. The third kappa shape index (κ3) is 2.46. The van der Waals surface area contributed by atoms with Crippen molar-refractivity contribution in [1.29, 1.82) is 0 Å². The summed E-state index contributed by atoms with van der Waals surface area (Å²) in [6, 6.07) is 10.8. The Morgan fingerprint density at radius 3 is 2.64 bits per heavy atom. The molecule has 3 fully saturated rings. The zero-order chi connectivity index (χ0) is 16.9. The SMILES string of the molecule is O=C1CC[C@H]2[C@@H]3CCC4CCCCC4=C3CC[C@@]12Cc1ccccc1. The Balaban J connectivity index is 1.50. The molecule has 0 aliphatic heterocycles. The van der Waals surface area contributed by atoms with Crippen molar-refractivity contribution in [1.82, 2.24) is 0 Å². The molecule has 1 nitrogen and oxygen atoms in total. The first-order chi connectivity index (χ1) is 12.3. The summed E-state index contributed by atoms with van der Waals surface area (Å²) < 4.78 is 0. The van der Waals surface area contributed by atoms with Crippen molar-refractivity contribution >= 4 is 5.78 Å². The molecule has 1 aromatic carbocycles. The lowest BCUT2D eigenvalue weighted by atomic mass is 9.54. The van der Waals surface area contributed by atoms with E-state index in [9.17, 15) is 4.79 Å². The molecule has 0 radical (unpaired) electrons. The minimum atomic E-state index is -0.0441. The highest BCUT2D eigenvalue weighted by molar-refractivity contribution is 5.88. The lowest BCUT2D eigenvalue weighted by Gasteiger charge is -2.49. The molecule has 4 aliphatic rings. The Hall–Kier alpha value is -1.37. The van der Waals surface area contributed by atoms with Crippen LogP contribution >= 0.6 is 0 Å². The van der Waals surface area contributed by atoms with Crippen LogP contribution in [0.1, 0.15) is 69.8 Å². The van der Waals surface area contributed by atoms with Gasteiger partial charge in [-0.25, -0.2) is 0 Å². The first-order valence-electron chi connectivity index (χ1n) is 10.6. The van der Waals surface area contributed by atoms with Gasteiger partial charge in [0.25, 0.3) is 0 Å². The van der Waals surface area contributed by atoms with Crippen molar-refractivity contribution in [2.24, 2.45) is 23.2 Å². The Bertz CT molecular complexity index is 700. The second-order valence-corrected chi connectivity index (χ2v) is 9.06. The molecule has 0 aromatic heterocycles. The van der Waals surface area contributed by atoms with Gasteiger partial charge < -0.3 is 0 Å². The van der Waals surface area contributed by atoms with Crippen LogP contribution in [0.5, 0.6) is 0 Å². The summed E-state index contributed by atoms with van der Waals surface area (Å²) >= 11 is 0. The molecule has 1 aromatic rings. The Morgan fingerprint density at radius 2 is 1.76 bits per heavy atom. The van der Waals surface area contributed by atoms with E-state index in [4.69, 9.17) is 0 Å². The number of carbonyl (C=O) groups excluding carboxylic acids is 1. The lowest BCUT2D eigenvalue weighted by molar-refractivity contribution is -0.129. The number of carbonyl (C=O) groups is 1. The molecule has 0 saturated heterocycles. The molecule has 25 heavy (non-hydrogen) atoms. The van der Waals surface area contributed by atoms with Crippen molar-refractivity contribution in [3.8, 4) is 0 Å². The van der Waals surface area contributed by atoms with Crippen molar-refractivity contribution in [3.05, 3.63) is 47.0 Å². The Labute approximate surface area is 151 Å². The summed E-state index contributed by atoms with van der Waals surface area (Å²) in [7, 11) is 0. The van der Waals surface area contributed by atoms with Gasteiger partial charge in [-0.1, -0.05) is 47.9 Å². The van der Waals surface area contributed by atoms with Gasteiger partial charge in [-0.2, -0.15) is 0 Å². The highest BCUT2D eigenvalue weighted by Crippen LogP contribution is 2.60. The Kier molecular flexibility index (Phi) is 3.87. The van der Waals surface area contributed by atoms with Gasteiger partial charge in [0.15, 0.2) is 0 Å². The average molecular weight is 335 g/mol. The third-order valence-corrected chi connectivity index (χ3v) is 8.06. The van der Waals surface area contributed by atoms with Crippen LogP contribution in [0.2, 0.25) is 0 Å². The maximum Gasteiger partial charge on any atom is 0.139 e. The topological polar surface area (TPSA) is 17.1 Å². The summed E-state index contributed by atoms with van der Waals surface area (Å²) in [5, 5.41) is 0. The molecule has 3 saturated carbocycles. The maximum absolute atomic E-state index is 13.1. The quantitative estimate of drug-likeness (QED) is 0.617. The van der Waals surface area contributed by atoms with Crippen molar-refractivity contribution in [3.63, 3.8) is 0 Å². The summed E-state index contributed by atoms with van der Waals surface area (Å²) in [6.07, 6.45) is 13.7. The molecule has 0 bridgehead atoms. The smallest absolute Gasteiger partial charge is 0.139 e. The van der Waals surface area contributed by atoms with Gasteiger partial charge >= 0.3 is 0 Å². The molecule has 0 heterocycles. The highest BCUT2D eigenvalue weighted by atomic mass is 16.1. The van der Waals surface area contributed by atoms with Crippen LogP contribution in [-0.2, 0) is 11.2 Å². The zero-order valence-corrected chi connectivity index (χ0v) is 15.3. The van der Waals surface area contributed by atoms with E-state index in [0.717, 1.165) is 37.5 Å². The largest absolute Gasteiger partial charge is 0.299 e. The molecular formula is C24H30O. The molecule has 4 aliphatic carbocycles. The van der Waals surface area contributed by atoms with Crippen LogP contribution in [0.15, 0.2) is 41.5 Å². The van der Waals surface area contributed by atoms with Crippen LogP contribution in [0.3, 0.4) is 0 Å². The summed E-state index contributed by atoms with van der Waals surface area (Å²) in [6.45, 7) is 0. The lowest BCUT2D eigenvalue weighted by Crippen LogP contribution is -2.44. The molecule has 0 spiro atoms. The minimum absolute atomic E-state index is 0.0441. The molecular weight excluding hydrogens is 304 g/mol. The van der Waals surface area contributed by atoms with E-state index in [1.807, 2.05) is 11.1 Å². The number of allylic oxidation sites excluding steroid dienone is 2. The maximum atomic E-state index is 13.1. The first kappa shape index (κ1) is 15.9. The van der Waals surface area contributed by atoms with Crippen LogP contribution in [0.4, 0.5) is 0 Å². The molecule has 5 rings (SSSR count). The summed E-state index contributed by atoms with van der Waals surface area (Å²) in [5.41, 5.74) is 5.01. The van der Waals surface area contributed by atoms with Crippen molar-refractivity contribution in [2.45, 2.75) is 70.6 Å². The fourth-order valence-corrected chi connectivity index (χ4v) is 6.97. The zero-order valence-electron chi connectivity index (χ0n) is 15.3. The van der Waals surface area contributed by atoms with Gasteiger partial charge in [0, 0.05) is 11.8 Å². The van der Waals surface area contributed by atoms with Gasteiger partial charge in [0.05, 0.1) is 0 Å². The number of rotatable bonds is 2. The van der Waals surface area contributed by atoms with Gasteiger partial charge in [-0.3, -0.25) is 4.79 Å².